The largest absolute Gasteiger partial charge is 0.356 e. The Balaban J connectivity index is 2.39. The molecule has 0 saturated carbocycles. The molecule has 0 aromatic heterocycles. The Labute approximate surface area is 96.4 Å². The topological polar surface area (TPSA) is 75.4 Å². The Kier molecular flexibility index (Phi) is 4.73. The van der Waals surface area contributed by atoms with Crippen LogP contribution in [0.3, 0.4) is 0 Å². The van der Waals surface area contributed by atoms with Crippen molar-refractivity contribution in [3.63, 3.8) is 0 Å². The van der Waals surface area contributed by atoms with Crippen molar-refractivity contribution in [2.45, 2.75) is 32.7 Å². The van der Waals surface area contributed by atoms with E-state index >= 15 is 0 Å². The van der Waals surface area contributed by atoms with Gasteiger partial charge < -0.3 is 16.0 Å². The van der Waals surface area contributed by atoms with Gasteiger partial charge in [-0.3, -0.25) is 9.59 Å². The first-order valence-electron chi connectivity index (χ1n) is 5.88. The highest BCUT2D eigenvalue weighted by molar-refractivity contribution is 5.82. The van der Waals surface area contributed by atoms with Crippen LogP contribution in [0.25, 0.3) is 0 Å². The number of hydrogen-bond donors (Lipinski definition) is 2. The molecule has 92 valence electrons. The fraction of sp³-hybridized carbons (Fsp3) is 0.818. The van der Waals surface area contributed by atoms with Gasteiger partial charge in [0.05, 0.1) is 6.04 Å². The van der Waals surface area contributed by atoms with E-state index in [9.17, 15) is 9.59 Å². The molecule has 5 nitrogen and oxygen atoms in total. The Morgan fingerprint density at radius 2 is 2.00 bits per heavy atom. The van der Waals surface area contributed by atoms with E-state index in [1.165, 1.54) is 0 Å². The van der Waals surface area contributed by atoms with E-state index in [4.69, 9.17) is 5.73 Å². The number of amides is 2. The van der Waals surface area contributed by atoms with E-state index in [0.717, 1.165) is 12.8 Å². The first kappa shape index (κ1) is 13.0. The summed E-state index contributed by atoms with van der Waals surface area (Å²) in [4.78, 5) is 24.9. The predicted octanol–water partition coefficient (Wildman–Crippen LogP) is -0.292. The van der Waals surface area contributed by atoms with Crippen molar-refractivity contribution in [1.82, 2.24) is 10.2 Å². The van der Waals surface area contributed by atoms with Gasteiger partial charge in [-0.2, -0.15) is 0 Å². The average Bonchev–Trinajstić information content (AvgIpc) is 2.28. The van der Waals surface area contributed by atoms with Gasteiger partial charge in [0.1, 0.15) is 0 Å². The molecule has 2 amide bonds. The molecule has 1 aliphatic rings. The SMILES string of the molecule is CCNC(=O)C1CCN(C(=O)[C@H](C)N)CC1. The molecule has 16 heavy (non-hydrogen) atoms. The zero-order valence-electron chi connectivity index (χ0n) is 10.0. The third kappa shape index (κ3) is 3.20. The fourth-order valence-electron chi connectivity index (χ4n) is 1.97. The lowest BCUT2D eigenvalue weighted by Gasteiger charge is -2.32. The standard InChI is InChI=1S/C11H21N3O2/c1-3-13-10(15)9-4-6-14(7-5-9)11(16)8(2)12/h8-9H,3-7,12H2,1-2H3,(H,13,15)/t8-/m0/s1. The number of hydrogen-bond acceptors (Lipinski definition) is 3. The van der Waals surface area contributed by atoms with E-state index < -0.39 is 6.04 Å². The smallest absolute Gasteiger partial charge is 0.239 e. The van der Waals surface area contributed by atoms with Crippen molar-refractivity contribution in [2.75, 3.05) is 19.6 Å². The second-order valence-corrected chi connectivity index (χ2v) is 4.28. The molecule has 1 rings (SSSR count). The normalized spacial score (nSPS) is 19.3. The molecule has 0 bridgehead atoms. The van der Waals surface area contributed by atoms with Crippen LogP contribution < -0.4 is 11.1 Å². The number of carbonyl (C=O) groups is 2. The van der Waals surface area contributed by atoms with Gasteiger partial charge >= 0.3 is 0 Å². The predicted molar refractivity (Wildman–Crippen MR) is 61.6 cm³/mol. The summed E-state index contributed by atoms with van der Waals surface area (Å²) in [5.74, 6) is 0.141. The van der Waals surface area contributed by atoms with Gasteiger partial charge in [-0.15, -0.1) is 0 Å². The van der Waals surface area contributed by atoms with Crippen LogP contribution in [0.15, 0.2) is 0 Å². The highest BCUT2D eigenvalue weighted by Gasteiger charge is 2.27. The molecule has 1 atom stereocenters. The Bertz CT molecular complexity index is 258. The monoisotopic (exact) mass is 227 g/mol. The van der Waals surface area contributed by atoms with Crippen LogP contribution in [0, 0.1) is 5.92 Å². The summed E-state index contributed by atoms with van der Waals surface area (Å²) in [6, 6.07) is -0.444. The average molecular weight is 227 g/mol. The molecule has 5 heteroatoms. The second-order valence-electron chi connectivity index (χ2n) is 4.28. The van der Waals surface area contributed by atoms with Crippen molar-refractivity contribution in [2.24, 2.45) is 11.7 Å². The minimum Gasteiger partial charge on any atom is -0.356 e. The third-order valence-electron chi connectivity index (χ3n) is 2.92. The lowest BCUT2D eigenvalue weighted by atomic mass is 9.95. The van der Waals surface area contributed by atoms with Crippen molar-refractivity contribution in [3.8, 4) is 0 Å². The van der Waals surface area contributed by atoms with E-state index in [-0.39, 0.29) is 17.7 Å². The van der Waals surface area contributed by atoms with E-state index in [1.54, 1.807) is 11.8 Å². The molecule has 1 fully saturated rings. The second kappa shape index (κ2) is 5.84. The van der Waals surface area contributed by atoms with Crippen LogP contribution in [-0.2, 0) is 9.59 Å². The minimum absolute atomic E-state index is 0.0191. The molecule has 0 unspecified atom stereocenters. The summed E-state index contributed by atoms with van der Waals surface area (Å²) < 4.78 is 0. The zero-order chi connectivity index (χ0) is 12.1. The van der Waals surface area contributed by atoms with Crippen molar-refractivity contribution in [1.29, 1.82) is 0 Å². The number of likely N-dealkylation sites (tertiary alicyclic amines) is 1. The Morgan fingerprint density at radius 1 is 1.44 bits per heavy atom. The molecule has 3 N–H and O–H groups in total. The maximum absolute atomic E-state index is 11.6. The summed E-state index contributed by atoms with van der Waals surface area (Å²) in [6.45, 7) is 5.55. The first-order chi connectivity index (χ1) is 7.56. The van der Waals surface area contributed by atoms with Gasteiger partial charge in [-0.1, -0.05) is 0 Å². The highest BCUT2D eigenvalue weighted by Crippen LogP contribution is 2.17. The Hall–Kier alpha value is -1.10. The maximum atomic E-state index is 11.6. The minimum atomic E-state index is -0.444. The number of rotatable bonds is 3. The fourth-order valence-corrected chi connectivity index (χ4v) is 1.97. The molecule has 0 radical (unpaired) electrons. The first-order valence-corrected chi connectivity index (χ1v) is 5.88. The van der Waals surface area contributed by atoms with Gasteiger partial charge in [0, 0.05) is 25.6 Å². The van der Waals surface area contributed by atoms with Gasteiger partial charge in [-0.25, -0.2) is 0 Å². The lowest BCUT2D eigenvalue weighted by Crippen LogP contribution is -2.47. The molecule has 0 aliphatic carbocycles. The van der Waals surface area contributed by atoms with Crippen LogP contribution in [0.5, 0.6) is 0 Å². The van der Waals surface area contributed by atoms with Crippen LogP contribution in [0.4, 0.5) is 0 Å². The number of nitrogens with two attached hydrogens (primary N) is 1. The molecule has 1 saturated heterocycles. The summed E-state index contributed by atoms with van der Waals surface area (Å²) in [6.07, 6.45) is 1.48. The lowest BCUT2D eigenvalue weighted by molar-refractivity contribution is -0.136. The third-order valence-corrected chi connectivity index (χ3v) is 2.92. The Morgan fingerprint density at radius 3 is 2.44 bits per heavy atom. The van der Waals surface area contributed by atoms with Crippen molar-refractivity contribution < 1.29 is 9.59 Å². The number of nitrogens with zero attached hydrogens (tertiary/aromatic N) is 1. The molecule has 0 aromatic carbocycles. The molecule has 1 heterocycles. The van der Waals surface area contributed by atoms with Gasteiger partial charge in [0.15, 0.2) is 0 Å². The van der Waals surface area contributed by atoms with Crippen LogP contribution in [0.2, 0.25) is 0 Å². The van der Waals surface area contributed by atoms with Crippen LogP contribution >= 0.6 is 0 Å². The van der Waals surface area contributed by atoms with Crippen molar-refractivity contribution >= 4 is 11.8 Å². The van der Waals surface area contributed by atoms with Crippen LogP contribution in [0.1, 0.15) is 26.7 Å². The number of piperidine rings is 1. The number of nitrogens with one attached hydrogen (secondary N) is 1. The molecule has 1 aliphatic heterocycles. The van der Waals surface area contributed by atoms with Crippen LogP contribution in [-0.4, -0.2) is 42.4 Å². The highest BCUT2D eigenvalue weighted by atomic mass is 16.2. The molecular formula is C11H21N3O2. The zero-order valence-corrected chi connectivity index (χ0v) is 10.0. The maximum Gasteiger partial charge on any atom is 0.239 e. The molecule has 0 spiro atoms. The molecular weight excluding hydrogens is 206 g/mol. The summed E-state index contributed by atoms with van der Waals surface area (Å²) in [7, 11) is 0. The van der Waals surface area contributed by atoms with E-state index in [0.29, 0.717) is 19.6 Å². The summed E-state index contributed by atoms with van der Waals surface area (Å²) in [5.41, 5.74) is 5.54. The van der Waals surface area contributed by atoms with Gasteiger partial charge in [0.25, 0.3) is 0 Å². The summed E-state index contributed by atoms with van der Waals surface area (Å²) >= 11 is 0. The van der Waals surface area contributed by atoms with E-state index in [2.05, 4.69) is 5.32 Å². The van der Waals surface area contributed by atoms with E-state index in [1.807, 2.05) is 6.92 Å². The number of carbonyl (C=O) groups excluding carboxylic acids is 2. The quantitative estimate of drug-likeness (QED) is 0.695. The summed E-state index contributed by atoms with van der Waals surface area (Å²) in [5, 5.41) is 2.81. The van der Waals surface area contributed by atoms with Gasteiger partial charge in [-0.05, 0) is 26.7 Å². The van der Waals surface area contributed by atoms with Gasteiger partial charge in [0.2, 0.25) is 11.8 Å². The molecule has 0 aromatic rings. The van der Waals surface area contributed by atoms with Crippen molar-refractivity contribution in [3.05, 3.63) is 0 Å².